The van der Waals surface area contributed by atoms with Crippen molar-refractivity contribution in [3.63, 3.8) is 0 Å². The lowest BCUT2D eigenvalue weighted by Crippen LogP contribution is -2.36. The zero-order valence-electron chi connectivity index (χ0n) is 12.0. The van der Waals surface area contributed by atoms with Gasteiger partial charge in [-0.15, -0.1) is 0 Å². The maximum absolute atomic E-state index is 14.2. The molecule has 0 radical (unpaired) electrons. The largest absolute Gasteiger partial charge is 0.497 e. The van der Waals surface area contributed by atoms with Gasteiger partial charge in [0.25, 0.3) is 0 Å². The molecule has 0 spiro atoms. The highest BCUT2D eigenvalue weighted by Gasteiger charge is 2.41. The molecule has 0 N–H and O–H groups in total. The van der Waals surface area contributed by atoms with Gasteiger partial charge in [0.2, 0.25) is 0 Å². The molecule has 2 unspecified atom stereocenters. The fourth-order valence-electron chi connectivity index (χ4n) is 3.45. The molecule has 1 aromatic carbocycles. The van der Waals surface area contributed by atoms with Crippen molar-refractivity contribution in [1.29, 1.82) is 0 Å². The summed E-state index contributed by atoms with van der Waals surface area (Å²) in [7, 11) is 1.41. The molecule has 0 amide bonds. The number of benzene rings is 1. The predicted octanol–water partition coefficient (Wildman–Crippen LogP) is 3.47. The van der Waals surface area contributed by atoms with Gasteiger partial charge in [-0.2, -0.15) is 0 Å². The topological polar surface area (TPSA) is 12.5 Å². The van der Waals surface area contributed by atoms with Crippen LogP contribution in [0.5, 0.6) is 5.75 Å². The van der Waals surface area contributed by atoms with E-state index in [0.717, 1.165) is 18.5 Å². The molecule has 20 heavy (non-hydrogen) atoms. The molecule has 1 heterocycles. The Bertz CT molecular complexity index is 545. The van der Waals surface area contributed by atoms with Crippen molar-refractivity contribution in [2.75, 3.05) is 13.7 Å². The minimum atomic E-state index is -0.531. The van der Waals surface area contributed by atoms with Crippen LogP contribution in [0, 0.1) is 17.6 Å². The van der Waals surface area contributed by atoms with Crippen LogP contribution in [-0.2, 0) is 0 Å². The molecule has 2 aliphatic rings. The molecule has 4 heteroatoms. The summed E-state index contributed by atoms with van der Waals surface area (Å²) in [6.45, 7) is 5.20. The molecular weight excluding hydrogens is 260 g/mol. The van der Waals surface area contributed by atoms with Crippen LogP contribution in [0.3, 0.4) is 0 Å². The second-order valence-electron chi connectivity index (χ2n) is 5.88. The molecule has 1 aliphatic heterocycles. The third-order valence-electron chi connectivity index (χ3n) is 4.40. The van der Waals surface area contributed by atoms with E-state index < -0.39 is 11.6 Å². The number of ether oxygens (including phenoxy) is 1. The summed E-state index contributed by atoms with van der Waals surface area (Å²) in [5.74, 6) is -0.607. The van der Waals surface area contributed by atoms with Gasteiger partial charge in [-0.25, -0.2) is 8.78 Å². The van der Waals surface area contributed by atoms with Crippen LogP contribution in [0.2, 0.25) is 0 Å². The number of hydrogen-bond donors (Lipinski definition) is 0. The van der Waals surface area contributed by atoms with Gasteiger partial charge in [-0.3, -0.25) is 4.90 Å². The van der Waals surface area contributed by atoms with Crippen molar-refractivity contribution in [2.45, 2.75) is 32.4 Å². The monoisotopic (exact) mass is 279 g/mol. The summed E-state index contributed by atoms with van der Waals surface area (Å²) >= 11 is 0. The summed E-state index contributed by atoms with van der Waals surface area (Å²) in [5, 5.41) is 0. The van der Waals surface area contributed by atoms with Crippen molar-refractivity contribution < 1.29 is 13.5 Å². The number of nitrogens with zero attached hydrogens (tertiary/aromatic N) is 1. The third kappa shape index (κ3) is 2.03. The lowest BCUT2D eigenvalue weighted by molar-refractivity contribution is 0.226. The number of halogens is 2. The Morgan fingerprint density at radius 2 is 1.90 bits per heavy atom. The van der Waals surface area contributed by atoms with E-state index in [1.165, 1.54) is 19.2 Å². The Hall–Kier alpha value is -1.42. The normalized spacial score (nSPS) is 25.4. The summed E-state index contributed by atoms with van der Waals surface area (Å²) in [4.78, 5) is 2.38. The van der Waals surface area contributed by atoms with E-state index in [-0.39, 0.29) is 17.2 Å². The Morgan fingerprint density at radius 3 is 2.35 bits per heavy atom. The van der Waals surface area contributed by atoms with Crippen LogP contribution in [0.4, 0.5) is 8.78 Å². The number of hydrogen-bond acceptors (Lipinski definition) is 2. The molecular formula is C16H19F2NO. The van der Waals surface area contributed by atoms with E-state index in [2.05, 4.69) is 18.7 Å². The van der Waals surface area contributed by atoms with E-state index in [1.807, 2.05) is 6.08 Å². The fraction of sp³-hybridized carbons (Fsp3) is 0.500. The van der Waals surface area contributed by atoms with E-state index in [0.29, 0.717) is 12.1 Å². The second-order valence-corrected chi connectivity index (χ2v) is 5.88. The van der Waals surface area contributed by atoms with Crippen molar-refractivity contribution in [2.24, 2.45) is 5.92 Å². The van der Waals surface area contributed by atoms with E-state index in [4.69, 9.17) is 4.74 Å². The number of likely N-dealkylation sites (tertiary alicyclic amines) is 1. The second kappa shape index (κ2) is 4.85. The van der Waals surface area contributed by atoms with Crippen LogP contribution in [0.1, 0.15) is 25.8 Å². The molecule has 2 atom stereocenters. The Kier molecular flexibility index (Phi) is 3.28. The summed E-state index contributed by atoms with van der Waals surface area (Å²) in [5.41, 5.74) is 0.950. The number of rotatable bonds is 3. The maximum Gasteiger partial charge on any atom is 0.137 e. The quantitative estimate of drug-likeness (QED) is 0.840. The number of methoxy groups -OCH3 is 1. The molecule has 3 rings (SSSR count). The van der Waals surface area contributed by atoms with Crippen molar-refractivity contribution >= 4 is 5.57 Å². The zero-order valence-corrected chi connectivity index (χ0v) is 12.0. The van der Waals surface area contributed by atoms with Gasteiger partial charge in [0, 0.05) is 36.3 Å². The van der Waals surface area contributed by atoms with Crippen LogP contribution in [0.15, 0.2) is 18.2 Å². The first-order valence-corrected chi connectivity index (χ1v) is 7.02. The Labute approximate surface area is 118 Å². The van der Waals surface area contributed by atoms with Gasteiger partial charge in [-0.1, -0.05) is 6.08 Å². The van der Waals surface area contributed by atoms with Crippen LogP contribution in [0.25, 0.3) is 5.57 Å². The molecule has 1 fully saturated rings. The summed E-state index contributed by atoms with van der Waals surface area (Å²) in [6, 6.07) is 3.29. The van der Waals surface area contributed by atoms with Crippen LogP contribution >= 0.6 is 0 Å². The number of fused-ring (bicyclic) bond motifs is 2. The highest BCUT2D eigenvalue weighted by atomic mass is 19.1. The molecule has 1 aliphatic carbocycles. The molecule has 2 nitrogen and oxygen atoms in total. The van der Waals surface area contributed by atoms with Crippen molar-refractivity contribution in [3.8, 4) is 5.75 Å². The first kappa shape index (κ1) is 13.6. The third-order valence-corrected chi connectivity index (χ3v) is 4.40. The van der Waals surface area contributed by atoms with Crippen molar-refractivity contribution in [3.05, 3.63) is 35.4 Å². The van der Waals surface area contributed by atoms with Gasteiger partial charge >= 0.3 is 0 Å². The summed E-state index contributed by atoms with van der Waals surface area (Å²) < 4.78 is 33.2. The standard InChI is InChI=1S/C16H19F2NO/c1-9(2)19-8-10-4-11(19)5-13(10)16-14(17)6-12(20-3)7-15(16)18/h5-7,9-11H,4,8H2,1-3H3. The average Bonchev–Trinajstić information content (AvgIpc) is 2.97. The zero-order chi connectivity index (χ0) is 14.4. The van der Waals surface area contributed by atoms with Gasteiger partial charge in [0.15, 0.2) is 0 Å². The minimum Gasteiger partial charge on any atom is -0.497 e. The molecule has 1 saturated heterocycles. The van der Waals surface area contributed by atoms with Gasteiger partial charge < -0.3 is 4.74 Å². The first-order valence-electron chi connectivity index (χ1n) is 7.02. The average molecular weight is 279 g/mol. The van der Waals surface area contributed by atoms with E-state index in [1.54, 1.807) is 0 Å². The molecule has 1 aromatic rings. The Morgan fingerprint density at radius 1 is 1.25 bits per heavy atom. The summed E-state index contributed by atoms with van der Waals surface area (Å²) in [6.07, 6.45) is 3.00. The lowest BCUT2D eigenvalue weighted by Gasteiger charge is -2.29. The van der Waals surface area contributed by atoms with Crippen molar-refractivity contribution in [1.82, 2.24) is 4.90 Å². The van der Waals surface area contributed by atoms with E-state index in [9.17, 15) is 8.78 Å². The molecule has 108 valence electrons. The highest BCUT2D eigenvalue weighted by molar-refractivity contribution is 5.73. The SMILES string of the molecule is COc1cc(F)c(C2=CC3CC2CN3C(C)C)c(F)c1. The first-order chi connectivity index (χ1) is 9.51. The molecule has 2 bridgehead atoms. The minimum absolute atomic E-state index is 0.127. The predicted molar refractivity (Wildman–Crippen MR) is 74.6 cm³/mol. The molecule has 0 aromatic heterocycles. The molecule has 0 saturated carbocycles. The van der Waals surface area contributed by atoms with Gasteiger partial charge in [0.05, 0.1) is 7.11 Å². The van der Waals surface area contributed by atoms with Crippen LogP contribution in [-0.4, -0.2) is 30.6 Å². The van der Waals surface area contributed by atoms with Gasteiger partial charge in [-0.05, 0) is 31.8 Å². The smallest absolute Gasteiger partial charge is 0.137 e. The van der Waals surface area contributed by atoms with E-state index >= 15 is 0 Å². The Balaban J connectivity index is 1.97. The maximum atomic E-state index is 14.2. The highest BCUT2D eigenvalue weighted by Crippen LogP contribution is 2.44. The lowest BCUT2D eigenvalue weighted by atomic mass is 9.94. The fourth-order valence-corrected chi connectivity index (χ4v) is 3.45. The van der Waals surface area contributed by atoms with Crippen LogP contribution < -0.4 is 4.74 Å². The van der Waals surface area contributed by atoms with Gasteiger partial charge in [0.1, 0.15) is 17.4 Å².